The van der Waals surface area contributed by atoms with Crippen molar-refractivity contribution in [1.29, 1.82) is 0 Å². The first-order chi connectivity index (χ1) is 24.2. The lowest BCUT2D eigenvalue weighted by molar-refractivity contribution is -0.172. The van der Waals surface area contributed by atoms with Crippen LogP contribution < -0.4 is 27.2 Å². The Morgan fingerprint density at radius 3 is 2.45 bits per heavy atom. The molecule has 51 heavy (non-hydrogen) atoms. The number of benzene rings is 1. The number of nitrogens with two attached hydrogens (primary N) is 1. The monoisotopic (exact) mass is 702 g/mol. The van der Waals surface area contributed by atoms with Crippen LogP contribution in [0.4, 0.5) is 5.69 Å². The van der Waals surface area contributed by atoms with Gasteiger partial charge in [0.2, 0.25) is 17.7 Å². The summed E-state index contributed by atoms with van der Waals surface area (Å²) in [6.45, 7) is 6.74. The van der Waals surface area contributed by atoms with Crippen LogP contribution >= 0.6 is 0 Å². The number of esters is 1. The van der Waals surface area contributed by atoms with Gasteiger partial charge in [-0.3, -0.25) is 24.0 Å². The van der Waals surface area contributed by atoms with Gasteiger partial charge >= 0.3 is 11.9 Å². The molecule has 1 aromatic carbocycles. The summed E-state index contributed by atoms with van der Waals surface area (Å²) in [6.07, 6.45) is 1.96. The number of carboxylic acid groups (broad SMARTS) is 1. The molecule has 270 valence electrons. The molecule has 0 unspecified atom stereocenters. The summed E-state index contributed by atoms with van der Waals surface area (Å²) in [5.41, 5.74) is 8.93. The van der Waals surface area contributed by atoms with E-state index in [0.717, 1.165) is 34.9 Å². The number of pyridine rings is 2. The Bertz CT molecular complexity index is 2060. The molecule has 3 aromatic rings. The number of nitrogens with zero attached hydrogens (tertiary/aromatic N) is 2. The average Bonchev–Trinajstić information content (AvgIpc) is 3.47. The number of aliphatic hydroxyl groups is 1. The molecule has 0 radical (unpaired) electrons. The predicted octanol–water partition coefficient (Wildman–Crippen LogP) is 1.34. The summed E-state index contributed by atoms with van der Waals surface area (Å²) >= 11 is 0. The van der Waals surface area contributed by atoms with Gasteiger partial charge in [-0.25, -0.2) is 9.78 Å². The second kappa shape index (κ2) is 13.5. The Kier molecular flexibility index (Phi) is 9.46. The maximum Gasteiger partial charge on any atom is 0.343 e. The number of ether oxygens (including phenoxy) is 1. The summed E-state index contributed by atoms with van der Waals surface area (Å²) in [4.78, 5) is 81.2. The summed E-state index contributed by atoms with van der Waals surface area (Å²) in [7, 11) is 0. The quantitative estimate of drug-likeness (QED) is 0.122. The molecule has 7 N–H and O–H groups in total. The Labute approximate surface area is 292 Å². The van der Waals surface area contributed by atoms with Crippen LogP contribution in [0.1, 0.15) is 81.2 Å². The van der Waals surface area contributed by atoms with Crippen LogP contribution in [0.3, 0.4) is 0 Å². The zero-order valence-electron chi connectivity index (χ0n) is 28.9. The van der Waals surface area contributed by atoms with Crippen molar-refractivity contribution in [3.05, 3.63) is 56.4 Å². The molecule has 0 saturated carbocycles. The zero-order valence-corrected chi connectivity index (χ0v) is 28.9. The summed E-state index contributed by atoms with van der Waals surface area (Å²) in [6, 6.07) is 2.13. The van der Waals surface area contributed by atoms with E-state index >= 15 is 0 Å². The van der Waals surface area contributed by atoms with E-state index in [1.54, 1.807) is 43.5 Å². The van der Waals surface area contributed by atoms with Crippen molar-refractivity contribution >= 4 is 46.3 Å². The Hall–Kier alpha value is -5.15. The SMILES string of the molecule is CC[C@@]1(O)C(=O)OCc2c1cc1n(c2=O)Cc2c-1nc1ccc(NC(=O)[C@H](C)NC(=O)[C@@H](NC(=O)CC[C@H](N)C(=O)O)C(C)C)c3c1c2CCC3. The molecule has 15 heteroatoms. The molecule has 2 aromatic heterocycles. The first kappa shape index (κ1) is 35.7. The fourth-order valence-corrected chi connectivity index (χ4v) is 7.24. The number of amides is 3. The minimum absolute atomic E-state index is 0.0474. The number of carbonyl (C=O) groups is 5. The van der Waals surface area contributed by atoms with E-state index < -0.39 is 53.4 Å². The van der Waals surface area contributed by atoms with E-state index in [2.05, 4.69) is 16.0 Å². The number of nitrogens with one attached hydrogen (secondary N) is 3. The van der Waals surface area contributed by atoms with Crippen LogP contribution in [-0.2, 0) is 60.3 Å². The molecule has 2 aliphatic heterocycles. The van der Waals surface area contributed by atoms with E-state index in [4.69, 9.17) is 20.6 Å². The highest BCUT2D eigenvalue weighted by Gasteiger charge is 2.45. The maximum atomic E-state index is 13.7. The fraction of sp³-hybridized carbons (Fsp3) is 0.472. The molecule has 3 aliphatic rings. The van der Waals surface area contributed by atoms with Gasteiger partial charge in [0.15, 0.2) is 5.60 Å². The lowest BCUT2D eigenvalue weighted by Crippen LogP contribution is -2.53. The summed E-state index contributed by atoms with van der Waals surface area (Å²) in [5.74, 6) is -3.88. The van der Waals surface area contributed by atoms with E-state index in [-0.39, 0.29) is 55.0 Å². The third-order valence-corrected chi connectivity index (χ3v) is 10.2. The van der Waals surface area contributed by atoms with E-state index in [0.29, 0.717) is 29.0 Å². The first-order valence-corrected chi connectivity index (χ1v) is 17.2. The Balaban J connectivity index is 1.23. The number of anilines is 1. The molecule has 15 nitrogen and oxygen atoms in total. The summed E-state index contributed by atoms with van der Waals surface area (Å²) in [5, 5.41) is 29.3. The van der Waals surface area contributed by atoms with Crippen molar-refractivity contribution in [2.24, 2.45) is 11.7 Å². The van der Waals surface area contributed by atoms with Crippen LogP contribution in [0, 0.1) is 5.92 Å². The normalized spacial score (nSPS) is 18.9. The van der Waals surface area contributed by atoms with Gasteiger partial charge in [0.05, 0.1) is 29.0 Å². The number of aliphatic carboxylic acids is 1. The third-order valence-electron chi connectivity index (χ3n) is 10.2. The van der Waals surface area contributed by atoms with E-state index in [1.807, 2.05) is 0 Å². The van der Waals surface area contributed by atoms with Gasteiger partial charge in [-0.2, -0.15) is 0 Å². The van der Waals surface area contributed by atoms with E-state index in [9.17, 15) is 33.9 Å². The molecule has 4 atom stereocenters. The highest BCUT2D eigenvalue weighted by Crippen LogP contribution is 2.43. The fourth-order valence-electron chi connectivity index (χ4n) is 7.24. The van der Waals surface area contributed by atoms with Crippen molar-refractivity contribution in [2.75, 3.05) is 5.32 Å². The molecule has 4 heterocycles. The van der Waals surface area contributed by atoms with Crippen LogP contribution in [0.2, 0.25) is 0 Å². The van der Waals surface area contributed by atoms with Gasteiger partial charge in [-0.15, -0.1) is 0 Å². The standard InChI is InChI=1S/C36H42N6O9/c1-5-36(50)22-13-26-30-20(14-42(26)33(46)21(22)15-51-35(36)49)18-7-6-8-19-24(10-11-25(39-30)28(18)19)40-31(44)17(4)38-32(45)29(16(2)3)41-27(43)12-9-23(37)34(47)48/h10-11,13,16-17,23,29,50H,5-9,12,14-15,37H2,1-4H3,(H,38,45)(H,40,44)(H,41,43)(H,47,48)/t17-,23-,29-,36-/m0/s1. The highest BCUT2D eigenvalue weighted by molar-refractivity contribution is 6.02. The maximum absolute atomic E-state index is 13.7. The third kappa shape index (κ3) is 6.24. The summed E-state index contributed by atoms with van der Waals surface area (Å²) < 4.78 is 6.80. The van der Waals surface area contributed by atoms with Crippen molar-refractivity contribution in [3.63, 3.8) is 0 Å². The molecule has 0 bridgehead atoms. The van der Waals surface area contributed by atoms with Crippen LogP contribution in [-0.4, -0.2) is 67.5 Å². The van der Waals surface area contributed by atoms with Crippen molar-refractivity contribution in [2.45, 2.75) is 103 Å². The van der Waals surface area contributed by atoms with Crippen LogP contribution in [0.25, 0.3) is 22.3 Å². The molecular formula is C36H42N6O9. The van der Waals surface area contributed by atoms with Gasteiger partial charge < -0.3 is 41.2 Å². The van der Waals surface area contributed by atoms with Gasteiger partial charge in [0, 0.05) is 28.6 Å². The Morgan fingerprint density at radius 1 is 1.04 bits per heavy atom. The smallest absolute Gasteiger partial charge is 0.343 e. The number of carbonyl (C=O) groups excluding carboxylic acids is 4. The second-order valence-corrected chi connectivity index (χ2v) is 13.9. The molecule has 3 amide bonds. The number of fused-ring (bicyclic) bond motifs is 5. The van der Waals surface area contributed by atoms with Crippen molar-refractivity contribution in [1.82, 2.24) is 20.2 Å². The molecule has 1 aliphatic carbocycles. The molecule has 0 spiro atoms. The molecule has 0 fully saturated rings. The minimum Gasteiger partial charge on any atom is -0.480 e. The largest absolute Gasteiger partial charge is 0.480 e. The lowest BCUT2D eigenvalue weighted by atomic mass is 9.85. The number of aromatic nitrogens is 2. The molecule has 0 saturated heterocycles. The minimum atomic E-state index is -1.92. The van der Waals surface area contributed by atoms with Crippen molar-refractivity contribution in [3.8, 4) is 11.4 Å². The number of aryl methyl sites for hydroxylation is 2. The molecular weight excluding hydrogens is 660 g/mol. The van der Waals surface area contributed by atoms with Crippen LogP contribution in [0.5, 0.6) is 0 Å². The number of cyclic esters (lactones) is 1. The predicted molar refractivity (Wildman–Crippen MR) is 184 cm³/mol. The van der Waals surface area contributed by atoms with Gasteiger partial charge in [-0.05, 0) is 74.3 Å². The van der Waals surface area contributed by atoms with Crippen LogP contribution in [0.15, 0.2) is 23.0 Å². The number of carboxylic acids is 1. The van der Waals surface area contributed by atoms with E-state index in [1.165, 1.54) is 6.92 Å². The first-order valence-electron chi connectivity index (χ1n) is 17.2. The lowest BCUT2D eigenvalue weighted by Gasteiger charge is -2.31. The average molecular weight is 703 g/mol. The van der Waals surface area contributed by atoms with Gasteiger partial charge in [0.25, 0.3) is 5.56 Å². The van der Waals surface area contributed by atoms with Gasteiger partial charge in [-0.1, -0.05) is 20.8 Å². The topological polar surface area (TPSA) is 232 Å². The zero-order chi connectivity index (χ0) is 36.9. The number of rotatable bonds is 11. The van der Waals surface area contributed by atoms with Crippen molar-refractivity contribution < 1.29 is 38.9 Å². The molecule has 6 rings (SSSR count). The highest BCUT2D eigenvalue weighted by atomic mass is 16.6. The number of hydrogen-bond donors (Lipinski definition) is 6. The second-order valence-electron chi connectivity index (χ2n) is 13.9. The number of hydrogen-bond acceptors (Lipinski definition) is 10. The Morgan fingerprint density at radius 2 is 1.76 bits per heavy atom. The van der Waals surface area contributed by atoms with Gasteiger partial charge in [0.1, 0.15) is 24.7 Å².